The summed E-state index contributed by atoms with van der Waals surface area (Å²) in [5, 5.41) is 16.3. The number of hydrogen-bond acceptors (Lipinski definition) is 7. The van der Waals surface area contributed by atoms with Crippen molar-refractivity contribution in [2.45, 2.75) is 49.6 Å². The number of nitriles is 1. The summed E-state index contributed by atoms with van der Waals surface area (Å²) < 4.78 is 12.0. The van der Waals surface area contributed by atoms with Gasteiger partial charge in [0.1, 0.15) is 23.7 Å². The van der Waals surface area contributed by atoms with Crippen LogP contribution in [0.25, 0.3) is 0 Å². The molecule has 4 aliphatic rings. The van der Waals surface area contributed by atoms with Crippen molar-refractivity contribution in [1.82, 2.24) is 9.97 Å². The van der Waals surface area contributed by atoms with E-state index in [0.717, 1.165) is 22.9 Å². The minimum Gasteiger partial charge on any atom is -0.612 e. The lowest BCUT2D eigenvalue weighted by atomic mass is 9.48. The van der Waals surface area contributed by atoms with Crippen LogP contribution >= 0.6 is 0 Å². The molecule has 0 spiro atoms. The molecule has 4 bridgehead atoms. The van der Waals surface area contributed by atoms with Crippen LogP contribution in [-0.4, -0.2) is 33.4 Å². The molecule has 8 heteroatoms. The smallest absolute Gasteiger partial charge is 0.224 e. The molecule has 0 aliphatic heterocycles. The van der Waals surface area contributed by atoms with Gasteiger partial charge >= 0.3 is 0 Å². The highest BCUT2D eigenvalue weighted by atomic mass is 32.2. The van der Waals surface area contributed by atoms with E-state index in [1.54, 1.807) is 12.5 Å². The van der Waals surface area contributed by atoms with E-state index in [9.17, 15) is 9.81 Å². The van der Waals surface area contributed by atoms with E-state index in [4.69, 9.17) is 5.73 Å². The zero-order valence-electron chi connectivity index (χ0n) is 18.4. The summed E-state index contributed by atoms with van der Waals surface area (Å²) >= 11 is -1.06. The lowest BCUT2D eigenvalue weighted by Gasteiger charge is -2.59. The first kappa shape index (κ1) is 21.5. The molecule has 1 aromatic heterocycles. The predicted octanol–water partition coefficient (Wildman–Crippen LogP) is 3.26. The Morgan fingerprint density at radius 3 is 2.69 bits per heavy atom. The summed E-state index contributed by atoms with van der Waals surface area (Å²) in [4.78, 5) is 9.71. The average molecular weight is 451 g/mol. The third kappa shape index (κ3) is 4.05. The van der Waals surface area contributed by atoms with E-state index in [-0.39, 0.29) is 5.41 Å². The maximum absolute atomic E-state index is 12.0. The van der Waals surface area contributed by atoms with Gasteiger partial charge < -0.3 is 20.9 Å². The number of nitrogens with one attached hydrogen (secondary N) is 2. The Hall–Kier alpha value is -2.34. The minimum atomic E-state index is -1.06. The zero-order valence-corrected chi connectivity index (χ0v) is 19.2. The number of anilines is 2. The molecule has 2 unspecified atom stereocenters. The van der Waals surface area contributed by atoms with Gasteiger partial charge in [-0.2, -0.15) is 10.2 Å². The quantitative estimate of drug-likeness (QED) is 0.553. The van der Waals surface area contributed by atoms with E-state index in [2.05, 4.69) is 26.7 Å². The second-order valence-corrected chi connectivity index (χ2v) is 11.2. The van der Waals surface area contributed by atoms with Crippen molar-refractivity contribution in [2.75, 3.05) is 23.4 Å². The number of aromatic nitrogens is 2. The first-order valence-corrected chi connectivity index (χ1v) is 12.9. The van der Waals surface area contributed by atoms with Crippen LogP contribution in [0, 0.1) is 34.5 Å². The van der Waals surface area contributed by atoms with Crippen LogP contribution in [-0.2, 0) is 17.7 Å². The highest BCUT2D eigenvalue weighted by Gasteiger charge is 2.54. The van der Waals surface area contributed by atoms with Crippen LogP contribution in [0.4, 0.5) is 11.8 Å². The molecular formula is C24H30N6OS. The fourth-order valence-corrected chi connectivity index (χ4v) is 7.29. The van der Waals surface area contributed by atoms with Crippen molar-refractivity contribution in [3.05, 3.63) is 41.6 Å². The van der Waals surface area contributed by atoms with E-state index >= 15 is 0 Å². The molecule has 4 N–H and O–H groups in total. The molecule has 4 aliphatic carbocycles. The van der Waals surface area contributed by atoms with Crippen molar-refractivity contribution < 1.29 is 4.55 Å². The lowest BCUT2D eigenvalue weighted by molar-refractivity contribution is -0.0591. The Morgan fingerprint density at radius 2 is 1.97 bits per heavy atom. The monoisotopic (exact) mass is 450 g/mol. The molecule has 1 aromatic carbocycles. The Kier molecular flexibility index (Phi) is 5.74. The lowest BCUT2D eigenvalue weighted by Crippen LogP contribution is -2.58. The van der Waals surface area contributed by atoms with Crippen molar-refractivity contribution in [2.24, 2.45) is 28.9 Å². The number of benzene rings is 1. The normalized spacial score (nSPS) is 31.2. The summed E-state index contributed by atoms with van der Waals surface area (Å²) in [6, 6.07) is 10.2. The van der Waals surface area contributed by atoms with Crippen molar-refractivity contribution in [1.29, 1.82) is 5.26 Å². The SMILES string of the molecule is C[S+]([O-])c1ccccc1CNc1ncc(C#N)c(NC[C@]23CC4C[C@H](C2)[C@@H](N)[C@@H](C4)C3)n1. The van der Waals surface area contributed by atoms with Crippen LogP contribution < -0.4 is 16.4 Å². The molecular weight excluding hydrogens is 420 g/mol. The fraction of sp³-hybridized carbons (Fsp3) is 0.542. The van der Waals surface area contributed by atoms with Gasteiger partial charge in [0.15, 0.2) is 4.90 Å². The maximum atomic E-state index is 12.0. The van der Waals surface area contributed by atoms with Crippen LogP contribution in [0.15, 0.2) is 35.4 Å². The Bertz CT molecular complexity index is 1020. The molecule has 4 fully saturated rings. The summed E-state index contributed by atoms with van der Waals surface area (Å²) in [6.45, 7) is 1.29. The second-order valence-electron chi connectivity index (χ2n) is 9.88. The second kappa shape index (κ2) is 8.54. The summed E-state index contributed by atoms with van der Waals surface area (Å²) in [5.74, 6) is 3.13. The van der Waals surface area contributed by atoms with Gasteiger partial charge in [0.2, 0.25) is 5.95 Å². The van der Waals surface area contributed by atoms with Gasteiger partial charge in [-0.3, -0.25) is 0 Å². The fourth-order valence-electron chi connectivity index (χ4n) is 6.51. The van der Waals surface area contributed by atoms with Gasteiger partial charge in [-0.25, -0.2) is 4.98 Å². The van der Waals surface area contributed by atoms with Gasteiger partial charge in [-0.15, -0.1) is 0 Å². The highest BCUT2D eigenvalue weighted by molar-refractivity contribution is 7.90. The molecule has 0 saturated heterocycles. The van der Waals surface area contributed by atoms with Gasteiger partial charge in [0, 0.05) is 24.7 Å². The van der Waals surface area contributed by atoms with E-state index in [1.165, 1.54) is 32.1 Å². The zero-order chi connectivity index (χ0) is 22.3. The first-order chi connectivity index (χ1) is 15.5. The summed E-state index contributed by atoms with van der Waals surface area (Å²) in [5.41, 5.74) is 8.16. The predicted molar refractivity (Wildman–Crippen MR) is 125 cm³/mol. The molecule has 168 valence electrons. The van der Waals surface area contributed by atoms with Crippen molar-refractivity contribution in [3.63, 3.8) is 0 Å². The molecule has 1 heterocycles. The summed E-state index contributed by atoms with van der Waals surface area (Å²) in [6.07, 6.45) is 9.42. The molecule has 32 heavy (non-hydrogen) atoms. The highest BCUT2D eigenvalue weighted by Crippen LogP contribution is 2.59. The van der Waals surface area contributed by atoms with E-state index < -0.39 is 11.2 Å². The van der Waals surface area contributed by atoms with Crippen molar-refractivity contribution in [3.8, 4) is 6.07 Å². The maximum Gasteiger partial charge on any atom is 0.224 e. The van der Waals surface area contributed by atoms with Gasteiger partial charge in [0.05, 0.1) is 6.20 Å². The van der Waals surface area contributed by atoms with Gasteiger partial charge in [-0.05, 0) is 72.5 Å². The number of rotatable bonds is 7. The molecule has 6 atom stereocenters. The van der Waals surface area contributed by atoms with Crippen LogP contribution in [0.3, 0.4) is 0 Å². The van der Waals surface area contributed by atoms with Crippen LogP contribution in [0.2, 0.25) is 0 Å². The van der Waals surface area contributed by atoms with E-state index in [1.807, 2.05) is 24.3 Å². The Labute approximate surface area is 192 Å². The number of nitrogens with zero attached hydrogens (tertiary/aromatic N) is 3. The van der Waals surface area contributed by atoms with Crippen LogP contribution in [0.1, 0.15) is 43.2 Å². The molecule has 2 aromatic rings. The molecule has 6 rings (SSSR count). The first-order valence-electron chi connectivity index (χ1n) is 11.4. The Morgan fingerprint density at radius 1 is 1.22 bits per heavy atom. The Balaban J connectivity index is 1.29. The van der Waals surface area contributed by atoms with Crippen LogP contribution in [0.5, 0.6) is 0 Å². The average Bonchev–Trinajstić information content (AvgIpc) is 2.79. The summed E-state index contributed by atoms with van der Waals surface area (Å²) in [7, 11) is 0. The third-order valence-corrected chi connectivity index (χ3v) is 8.75. The molecule has 0 amide bonds. The standard InChI is InChI=1S/C24H30N6OS/c1-32(31)20-5-3-2-4-16(20)12-27-23-28-13-19(11-25)22(30-23)29-14-24-8-15-6-17(9-24)21(26)18(7-15)10-24/h2-5,13,15,17-18,21H,6-10,12,14,26H2,1H3,(H2,27,28,29,30)/t15?,17-,18+,21-,24-,32?. The third-order valence-electron chi connectivity index (χ3n) is 7.73. The minimum absolute atomic E-state index is 0.266. The molecule has 0 radical (unpaired) electrons. The largest absolute Gasteiger partial charge is 0.612 e. The number of hydrogen-bond donors (Lipinski definition) is 3. The van der Waals surface area contributed by atoms with Gasteiger partial charge in [-0.1, -0.05) is 18.2 Å². The molecule has 4 saturated carbocycles. The number of nitrogens with two attached hydrogens (primary N) is 1. The molecule has 7 nitrogen and oxygen atoms in total. The van der Waals surface area contributed by atoms with E-state index in [0.29, 0.717) is 41.8 Å². The van der Waals surface area contributed by atoms with Gasteiger partial charge in [0.25, 0.3) is 0 Å². The van der Waals surface area contributed by atoms with Crippen molar-refractivity contribution >= 4 is 22.9 Å². The topological polar surface area (TPSA) is 123 Å².